The quantitative estimate of drug-likeness (QED) is 0.160. The normalized spacial score (nSPS) is 12.7. The number of furan rings is 1. The molecule has 0 N–H and O–H groups in total. The van der Waals surface area contributed by atoms with Crippen molar-refractivity contribution in [3.05, 3.63) is 259 Å². The van der Waals surface area contributed by atoms with E-state index in [1.807, 2.05) is 0 Å². The van der Waals surface area contributed by atoms with Crippen LogP contribution in [0.4, 0.5) is 17.1 Å². The second kappa shape index (κ2) is 14.1. The Balaban J connectivity index is 1.17. The first kappa shape index (κ1) is 35.0. The van der Waals surface area contributed by atoms with Crippen molar-refractivity contribution >= 4 is 49.8 Å². The summed E-state index contributed by atoms with van der Waals surface area (Å²) < 4.78 is 6.74. The molecule has 0 spiro atoms. The monoisotopic (exact) mass is 777 g/mol. The van der Waals surface area contributed by atoms with Crippen molar-refractivity contribution in [3.8, 4) is 33.4 Å². The first-order valence-electron chi connectivity index (χ1n) is 21.0. The lowest BCUT2D eigenvalue weighted by molar-refractivity contribution is 0.669. The summed E-state index contributed by atoms with van der Waals surface area (Å²) in [5.41, 5.74) is 16.6. The first-order chi connectivity index (χ1) is 30.3. The van der Waals surface area contributed by atoms with Gasteiger partial charge in [-0.15, -0.1) is 0 Å². The Labute approximate surface area is 355 Å². The van der Waals surface area contributed by atoms with E-state index in [0.29, 0.717) is 0 Å². The molecule has 0 unspecified atom stereocenters. The maximum absolute atomic E-state index is 6.74. The Morgan fingerprint density at radius 1 is 0.361 bits per heavy atom. The van der Waals surface area contributed by atoms with Crippen LogP contribution in [0.25, 0.3) is 66.1 Å². The molecule has 1 aliphatic rings. The second-order valence-corrected chi connectivity index (χ2v) is 16.0. The Morgan fingerprint density at radius 3 is 1.59 bits per heavy atom. The lowest BCUT2D eigenvalue weighted by Gasteiger charge is -2.35. The van der Waals surface area contributed by atoms with E-state index in [9.17, 15) is 0 Å². The highest BCUT2D eigenvalue weighted by molar-refractivity contribution is 6.18. The van der Waals surface area contributed by atoms with Gasteiger partial charge in [0.05, 0.1) is 11.1 Å². The predicted octanol–water partition coefficient (Wildman–Crippen LogP) is 15.9. The highest BCUT2D eigenvalue weighted by Crippen LogP contribution is 2.58. The van der Waals surface area contributed by atoms with Gasteiger partial charge in [0.15, 0.2) is 0 Å². The molecule has 1 aliphatic carbocycles. The molecule has 0 atom stereocenters. The third kappa shape index (κ3) is 5.50. The van der Waals surface area contributed by atoms with Gasteiger partial charge in [-0.05, 0) is 109 Å². The molecule has 0 radical (unpaired) electrons. The Kier molecular flexibility index (Phi) is 8.11. The first-order valence-corrected chi connectivity index (χ1v) is 21.0. The summed E-state index contributed by atoms with van der Waals surface area (Å²) in [5, 5.41) is 4.55. The predicted molar refractivity (Wildman–Crippen MR) is 254 cm³/mol. The zero-order valence-electron chi connectivity index (χ0n) is 33.4. The fourth-order valence-electron chi connectivity index (χ4n) is 10.1. The standard InChI is InChI=1S/C59H39NO/c1-5-17-40(18-6-1)41-29-31-47(32-30-41)60(54-35-36-55-58(57(54)42-19-7-2-8-20-42)51-37-43-21-13-14-22-44(43)38-56(51)61-55)48-33-34-50-49-27-15-16-28-52(49)59(53(50)39-48,45-23-9-3-10-24-45)46-25-11-4-12-26-46/h1-39H. The van der Waals surface area contributed by atoms with E-state index in [4.69, 9.17) is 4.42 Å². The molecule has 0 fully saturated rings. The van der Waals surface area contributed by atoms with E-state index >= 15 is 0 Å². The van der Waals surface area contributed by atoms with E-state index in [0.717, 1.165) is 55.5 Å². The highest BCUT2D eigenvalue weighted by Gasteiger charge is 2.46. The van der Waals surface area contributed by atoms with E-state index in [-0.39, 0.29) is 0 Å². The molecular weight excluding hydrogens is 739 g/mol. The number of hydrogen-bond donors (Lipinski definition) is 0. The Bertz CT molecular complexity index is 3350. The van der Waals surface area contributed by atoms with Crippen LogP contribution in [0.5, 0.6) is 0 Å². The maximum Gasteiger partial charge on any atom is 0.136 e. The van der Waals surface area contributed by atoms with Gasteiger partial charge in [0.25, 0.3) is 0 Å². The smallest absolute Gasteiger partial charge is 0.136 e. The SMILES string of the molecule is c1ccc(-c2ccc(N(c3ccc4c(c3)C(c3ccccc3)(c3ccccc3)c3ccccc3-4)c3ccc4oc5cc6ccccc6cc5c4c3-c3ccccc3)cc2)cc1. The number of anilines is 3. The van der Waals surface area contributed by atoms with Crippen molar-refractivity contribution < 1.29 is 4.42 Å². The van der Waals surface area contributed by atoms with Crippen molar-refractivity contribution in [1.29, 1.82) is 0 Å². The van der Waals surface area contributed by atoms with Gasteiger partial charge in [0, 0.05) is 27.7 Å². The molecule has 10 aromatic carbocycles. The number of fused-ring (bicyclic) bond motifs is 7. The molecule has 11 aromatic rings. The van der Waals surface area contributed by atoms with Crippen molar-refractivity contribution in [3.63, 3.8) is 0 Å². The van der Waals surface area contributed by atoms with Crippen LogP contribution < -0.4 is 4.90 Å². The third-order valence-corrected chi connectivity index (χ3v) is 12.7. The third-order valence-electron chi connectivity index (χ3n) is 12.7. The van der Waals surface area contributed by atoms with Crippen LogP contribution in [0, 0.1) is 0 Å². The lowest BCUT2D eigenvalue weighted by Crippen LogP contribution is -2.28. The van der Waals surface area contributed by atoms with Crippen LogP contribution in [0.1, 0.15) is 22.3 Å². The highest BCUT2D eigenvalue weighted by atomic mass is 16.3. The number of hydrogen-bond acceptors (Lipinski definition) is 2. The largest absolute Gasteiger partial charge is 0.456 e. The van der Waals surface area contributed by atoms with Crippen LogP contribution >= 0.6 is 0 Å². The minimum Gasteiger partial charge on any atom is -0.456 e. The zero-order chi connectivity index (χ0) is 40.3. The summed E-state index contributed by atoms with van der Waals surface area (Å²) >= 11 is 0. The Morgan fingerprint density at radius 2 is 0.902 bits per heavy atom. The number of rotatable bonds is 7. The van der Waals surface area contributed by atoms with Gasteiger partial charge in [0.1, 0.15) is 11.2 Å². The molecule has 1 aromatic heterocycles. The van der Waals surface area contributed by atoms with Gasteiger partial charge >= 0.3 is 0 Å². The summed E-state index contributed by atoms with van der Waals surface area (Å²) in [6.07, 6.45) is 0. The van der Waals surface area contributed by atoms with Crippen LogP contribution in [-0.4, -0.2) is 0 Å². The minimum absolute atomic E-state index is 0.540. The molecule has 0 bridgehead atoms. The summed E-state index contributed by atoms with van der Waals surface area (Å²) in [6, 6.07) is 86.1. The summed E-state index contributed by atoms with van der Waals surface area (Å²) in [6.45, 7) is 0. The van der Waals surface area contributed by atoms with Crippen LogP contribution in [-0.2, 0) is 5.41 Å². The van der Waals surface area contributed by atoms with Gasteiger partial charge < -0.3 is 9.32 Å². The molecular formula is C59H39NO. The molecule has 0 amide bonds. The fourth-order valence-corrected chi connectivity index (χ4v) is 10.1. The topological polar surface area (TPSA) is 16.4 Å². The molecule has 12 rings (SSSR count). The summed E-state index contributed by atoms with van der Waals surface area (Å²) in [5.74, 6) is 0. The van der Waals surface area contributed by atoms with E-state index in [2.05, 4.69) is 241 Å². The summed E-state index contributed by atoms with van der Waals surface area (Å²) in [7, 11) is 0. The van der Waals surface area contributed by atoms with Crippen molar-refractivity contribution in [1.82, 2.24) is 0 Å². The van der Waals surface area contributed by atoms with Crippen molar-refractivity contribution in [2.45, 2.75) is 5.41 Å². The van der Waals surface area contributed by atoms with Crippen molar-refractivity contribution in [2.24, 2.45) is 0 Å². The zero-order valence-corrected chi connectivity index (χ0v) is 33.4. The molecule has 0 aliphatic heterocycles. The van der Waals surface area contributed by atoms with Gasteiger partial charge in [-0.2, -0.15) is 0 Å². The van der Waals surface area contributed by atoms with Crippen molar-refractivity contribution in [2.75, 3.05) is 4.90 Å². The minimum atomic E-state index is -0.540. The lowest BCUT2D eigenvalue weighted by atomic mass is 9.67. The number of nitrogens with zero attached hydrogens (tertiary/aromatic N) is 1. The second-order valence-electron chi connectivity index (χ2n) is 16.0. The van der Waals surface area contributed by atoms with Gasteiger partial charge in [-0.1, -0.05) is 188 Å². The number of benzene rings is 10. The van der Waals surface area contributed by atoms with E-state index in [1.54, 1.807) is 0 Å². The maximum atomic E-state index is 6.74. The van der Waals surface area contributed by atoms with Crippen LogP contribution in [0.3, 0.4) is 0 Å². The van der Waals surface area contributed by atoms with Gasteiger partial charge in [-0.3, -0.25) is 0 Å². The molecule has 2 nitrogen and oxygen atoms in total. The fraction of sp³-hybridized carbons (Fsp3) is 0.0169. The molecule has 0 saturated carbocycles. The molecule has 286 valence electrons. The van der Waals surface area contributed by atoms with Crippen LogP contribution in [0.2, 0.25) is 0 Å². The summed E-state index contributed by atoms with van der Waals surface area (Å²) in [4.78, 5) is 2.46. The Hall–Kier alpha value is -7.94. The van der Waals surface area contributed by atoms with Gasteiger partial charge in [-0.25, -0.2) is 0 Å². The van der Waals surface area contributed by atoms with Crippen LogP contribution in [0.15, 0.2) is 241 Å². The molecule has 61 heavy (non-hydrogen) atoms. The molecule has 2 heteroatoms. The van der Waals surface area contributed by atoms with E-state index in [1.165, 1.54) is 49.9 Å². The average Bonchev–Trinajstić information content (AvgIpc) is 3.85. The van der Waals surface area contributed by atoms with Gasteiger partial charge in [0.2, 0.25) is 0 Å². The van der Waals surface area contributed by atoms with E-state index < -0.39 is 5.41 Å². The molecule has 1 heterocycles. The average molecular weight is 778 g/mol. The molecule has 0 saturated heterocycles.